The Morgan fingerprint density at radius 1 is 1.25 bits per heavy atom. The van der Waals surface area contributed by atoms with Crippen LogP contribution in [0.5, 0.6) is 0 Å². The van der Waals surface area contributed by atoms with E-state index >= 15 is 0 Å². The zero-order valence-corrected chi connectivity index (χ0v) is 10.2. The Labute approximate surface area is 97.2 Å². The van der Waals surface area contributed by atoms with Gasteiger partial charge in [-0.15, -0.1) is 0 Å². The molecule has 1 amide bonds. The topological polar surface area (TPSA) is 41.1 Å². The maximum atomic E-state index is 11.4. The third kappa shape index (κ3) is 4.03. The normalized spacial score (nSPS) is 10.5. The molecule has 0 fully saturated rings. The third-order valence-corrected chi connectivity index (χ3v) is 2.46. The first kappa shape index (κ1) is 12.7. The molecule has 0 aliphatic rings. The second-order valence-corrected chi connectivity index (χ2v) is 4.18. The molecule has 0 unspecified atom stereocenters. The molecule has 0 saturated heterocycles. The van der Waals surface area contributed by atoms with Gasteiger partial charge < -0.3 is 10.6 Å². The maximum absolute atomic E-state index is 11.4. The monoisotopic (exact) mass is 220 g/mol. The minimum atomic E-state index is 0.0478. The molecule has 2 N–H and O–H groups in total. The first-order valence-corrected chi connectivity index (χ1v) is 5.68. The van der Waals surface area contributed by atoms with Crippen molar-refractivity contribution < 1.29 is 4.79 Å². The predicted molar refractivity (Wildman–Crippen MR) is 67.7 cm³/mol. The molecular weight excluding hydrogens is 200 g/mol. The van der Waals surface area contributed by atoms with Crippen LogP contribution in [0.25, 0.3) is 0 Å². The first-order chi connectivity index (χ1) is 7.63. The highest BCUT2D eigenvalue weighted by Crippen LogP contribution is 2.17. The van der Waals surface area contributed by atoms with Crippen LogP contribution in [0.2, 0.25) is 0 Å². The standard InChI is InChI=1S/C13H20N2O/c1-10(2)11-4-6-12(7-5-11)15-13(16)8-9-14-3/h4-7,10,14H,8-9H2,1-3H3,(H,15,16). The summed E-state index contributed by atoms with van der Waals surface area (Å²) in [5, 5.41) is 5.81. The summed E-state index contributed by atoms with van der Waals surface area (Å²) in [6, 6.07) is 8.01. The van der Waals surface area contributed by atoms with Crippen molar-refractivity contribution in [1.29, 1.82) is 0 Å². The van der Waals surface area contributed by atoms with Crippen molar-refractivity contribution in [2.45, 2.75) is 26.2 Å². The fourth-order valence-electron chi connectivity index (χ4n) is 1.41. The number of hydrogen-bond donors (Lipinski definition) is 2. The van der Waals surface area contributed by atoms with Crippen molar-refractivity contribution in [3.8, 4) is 0 Å². The van der Waals surface area contributed by atoms with Crippen LogP contribution in [0.4, 0.5) is 5.69 Å². The van der Waals surface area contributed by atoms with Gasteiger partial charge in [0.2, 0.25) is 5.91 Å². The number of carbonyl (C=O) groups is 1. The zero-order valence-electron chi connectivity index (χ0n) is 10.2. The lowest BCUT2D eigenvalue weighted by atomic mass is 10.0. The smallest absolute Gasteiger partial charge is 0.225 e. The largest absolute Gasteiger partial charge is 0.326 e. The second kappa shape index (κ2) is 6.28. The van der Waals surface area contributed by atoms with E-state index in [0.717, 1.165) is 5.69 Å². The number of hydrogen-bond acceptors (Lipinski definition) is 2. The SMILES string of the molecule is CNCCC(=O)Nc1ccc(C(C)C)cc1. The van der Waals surface area contributed by atoms with Gasteiger partial charge in [0, 0.05) is 18.7 Å². The quantitative estimate of drug-likeness (QED) is 0.799. The molecule has 3 heteroatoms. The fourth-order valence-corrected chi connectivity index (χ4v) is 1.41. The van der Waals surface area contributed by atoms with Crippen molar-refractivity contribution in [2.75, 3.05) is 18.9 Å². The molecular formula is C13H20N2O. The Balaban J connectivity index is 2.51. The Bertz CT molecular complexity index is 330. The van der Waals surface area contributed by atoms with Crippen molar-refractivity contribution in [3.63, 3.8) is 0 Å². The van der Waals surface area contributed by atoms with Gasteiger partial charge in [-0.25, -0.2) is 0 Å². The van der Waals surface area contributed by atoms with Gasteiger partial charge in [-0.3, -0.25) is 4.79 Å². The van der Waals surface area contributed by atoms with Crippen LogP contribution in [0, 0.1) is 0 Å². The maximum Gasteiger partial charge on any atom is 0.225 e. The van der Waals surface area contributed by atoms with Crippen molar-refractivity contribution in [2.24, 2.45) is 0 Å². The molecule has 0 aromatic heterocycles. The predicted octanol–water partition coefficient (Wildman–Crippen LogP) is 2.36. The molecule has 1 aromatic rings. The van der Waals surface area contributed by atoms with E-state index in [0.29, 0.717) is 18.9 Å². The number of anilines is 1. The lowest BCUT2D eigenvalue weighted by molar-refractivity contribution is -0.116. The van der Waals surface area contributed by atoms with Crippen LogP contribution in [0.3, 0.4) is 0 Å². The Kier molecular flexibility index (Phi) is 4.99. The van der Waals surface area contributed by atoms with Crippen molar-refractivity contribution in [1.82, 2.24) is 5.32 Å². The van der Waals surface area contributed by atoms with Gasteiger partial charge in [-0.2, -0.15) is 0 Å². The average Bonchev–Trinajstić information content (AvgIpc) is 2.27. The van der Waals surface area contributed by atoms with Crippen molar-refractivity contribution >= 4 is 11.6 Å². The van der Waals surface area contributed by atoms with Gasteiger partial charge in [-0.05, 0) is 30.7 Å². The van der Waals surface area contributed by atoms with E-state index in [2.05, 4.69) is 36.6 Å². The summed E-state index contributed by atoms with van der Waals surface area (Å²) < 4.78 is 0. The molecule has 0 atom stereocenters. The van der Waals surface area contributed by atoms with Crippen LogP contribution in [0.15, 0.2) is 24.3 Å². The lowest BCUT2D eigenvalue weighted by Gasteiger charge is -2.08. The summed E-state index contributed by atoms with van der Waals surface area (Å²) in [7, 11) is 1.84. The van der Waals surface area contributed by atoms with E-state index in [4.69, 9.17) is 0 Å². The average molecular weight is 220 g/mol. The molecule has 3 nitrogen and oxygen atoms in total. The second-order valence-electron chi connectivity index (χ2n) is 4.18. The minimum Gasteiger partial charge on any atom is -0.326 e. The number of benzene rings is 1. The molecule has 1 rings (SSSR count). The summed E-state index contributed by atoms with van der Waals surface area (Å²) in [5.41, 5.74) is 2.15. The molecule has 0 bridgehead atoms. The van der Waals surface area contributed by atoms with E-state index in [1.54, 1.807) is 0 Å². The number of amides is 1. The molecule has 1 aromatic carbocycles. The molecule has 0 spiro atoms. The van der Waals surface area contributed by atoms with Gasteiger partial charge in [0.25, 0.3) is 0 Å². The van der Waals surface area contributed by atoms with E-state index in [9.17, 15) is 4.79 Å². The van der Waals surface area contributed by atoms with E-state index < -0.39 is 0 Å². The molecule has 0 radical (unpaired) electrons. The molecule has 0 heterocycles. The van der Waals surface area contributed by atoms with E-state index in [-0.39, 0.29) is 5.91 Å². The molecule has 0 saturated carbocycles. The van der Waals surface area contributed by atoms with Crippen LogP contribution >= 0.6 is 0 Å². The number of carbonyl (C=O) groups excluding carboxylic acids is 1. The molecule has 0 aliphatic carbocycles. The summed E-state index contributed by atoms with van der Waals surface area (Å²) in [6.07, 6.45) is 0.502. The summed E-state index contributed by atoms with van der Waals surface area (Å²) in [5.74, 6) is 0.570. The first-order valence-electron chi connectivity index (χ1n) is 5.68. The summed E-state index contributed by atoms with van der Waals surface area (Å²) in [4.78, 5) is 11.4. The van der Waals surface area contributed by atoms with Crippen LogP contribution in [0.1, 0.15) is 31.7 Å². The number of nitrogens with one attached hydrogen (secondary N) is 2. The Hall–Kier alpha value is -1.35. The van der Waals surface area contributed by atoms with Crippen LogP contribution in [-0.4, -0.2) is 19.5 Å². The van der Waals surface area contributed by atoms with Gasteiger partial charge in [0.05, 0.1) is 0 Å². The number of rotatable bonds is 5. The van der Waals surface area contributed by atoms with Crippen LogP contribution in [-0.2, 0) is 4.79 Å². The zero-order chi connectivity index (χ0) is 12.0. The Morgan fingerprint density at radius 3 is 2.38 bits per heavy atom. The lowest BCUT2D eigenvalue weighted by Crippen LogP contribution is -2.18. The summed E-state index contributed by atoms with van der Waals surface area (Å²) in [6.45, 7) is 5.01. The molecule has 16 heavy (non-hydrogen) atoms. The Morgan fingerprint density at radius 2 is 1.88 bits per heavy atom. The highest BCUT2D eigenvalue weighted by Gasteiger charge is 2.02. The summed E-state index contributed by atoms with van der Waals surface area (Å²) >= 11 is 0. The van der Waals surface area contributed by atoms with Gasteiger partial charge in [0.15, 0.2) is 0 Å². The van der Waals surface area contributed by atoms with Gasteiger partial charge >= 0.3 is 0 Å². The highest BCUT2D eigenvalue weighted by molar-refractivity contribution is 5.90. The molecule has 0 aliphatic heterocycles. The highest BCUT2D eigenvalue weighted by atomic mass is 16.1. The van der Waals surface area contributed by atoms with Crippen molar-refractivity contribution in [3.05, 3.63) is 29.8 Å². The van der Waals surface area contributed by atoms with Crippen LogP contribution < -0.4 is 10.6 Å². The van der Waals surface area contributed by atoms with Gasteiger partial charge in [-0.1, -0.05) is 26.0 Å². The van der Waals surface area contributed by atoms with Gasteiger partial charge in [0.1, 0.15) is 0 Å². The molecule has 88 valence electrons. The fraction of sp³-hybridized carbons (Fsp3) is 0.462. The van der Waals surface area contributed by atoms with E-state index in [1.807, 2.05) is 19.2 Å². The third-order valence-electron chi connectivity index (χ3n) is 2.46. The minimum absolute atomic E-state index is 0.0478. The van der Waals surface area contributed by atoms with E-state index in [1.165, 1.54) is 5.56 Å².